The van der Waals surface area contributed by atoms with E-state index >= 15 is 0 Å². The second-order valence-electron chi connectivity index (χ2n) is 5.69. The van der Waals surface area contributed by atoms with Crippen molar-refractivity contribution in [1.82, 2.24) is 10.2 Å². The second kappa shape index (κ2) is 7.57. The summed E-state index contributed by atoms with van der Waals surface area (Å²) < 4.78 is 5.16. The van der Waals surface area contributed by atoms with Gasteiger partial charge in [-0.1, -0.05) is 43.7 Å². The topological polar surface area (TPSA) is 41.6 Å². The Morgan fingerprint density at radius 2 is 2.05 bits per heavy atom. The molecular formula is C17H26N2O2. The number of benzene rings is 1. The number of nitrogens with one attached hydrogen (secondary N) is 1. The molecule has 2 rings (SSSR count). The average molecular weight is 290 g/mol. The molecule has 0 radical (unpaired) electrons. The van der Waals surface area contributed by atoms with Crippen molar-refractivity contribution in [2.75, 3.05) is 13.7 Å². The predicted octanol–water partition coefficient (Wildman–Crippen LogP) is 2.71. The molecule has 0 spiro atoms. The molecule has 1 aromatic rings. The van der Waals surface area contributed by atoms with Crippen LogP contribution >= 0.6 is 0 Å². The lowest BCUT2D eigenvalue weighted by Crippen LogP contribution is -2.43. The van der Waals surface area contributed by atoms with Crippen molar-refractivity contribution in [2.45, 2.75) is 51.4 Å². The third-order valence-corrected chi connectivity index (χ3v) is 4.11. The van der Waals surface area contributed by atoms with Crippen LogP contribution in [0.3, 0.4) is 0 Å². The standard InChI is InChI=1S/C17H26N2O2/c1-4-8-15-18-16(14-9-6-5-7-10-14)17(20)19(15)13(2)11-12-21-3/h5-7,9-10,13,15-16,18H,4,8,11-12H2,1-3H3. The highest BCUT2D eigenvalue weighted by Crippen LogP contribution is 2.28. The maximum absolute atomic E-state index is 12.8. The third kappa shape index (κ3) is 3.63. The minimum Gasteiger partial charge on any atom is -0.385 e. The third-order valence-electron chi connectivity index (χ3n) is 4.11. The number of ether oxygens (including phenoxy) is 1. The molecular weight excluding hydrogens is 264 g/mol. The van der Waals surface area contributed by atoms with Crippen LogP contribution in [-0.4, -0.2) is 36.7 Å². The molecule has 0 aliphatic carbocycles. The summed E-state index contributed by atoms with van der Waals surface area (Å²) in [6, 6.07) is 9.95. The van der Waals surface area contributed by atoms with Gasteiger partial charge in [-0.3, -0.25) is 10.1 Å². The van der Waals surface area contributed by atoms with Gasteiger partial charge in [0.2, 0.25) is 5.91 Å². The number of nitrogens with zero attached hydrogens (tertiary/aromatic N) is 1. The fourth-order valence-electron chi connectivity index (χ4n) is 2.98. The minimum absolute atomic E-state index is 0.125. The minimum atomic E-state index is -0.215. The predicted molar refractivity (Wildman–Crippen MR) is 83.8 cm³/mol. The van der Waals surface area contributed by atoms with Crippen molar-refractivity contribution in [3.63, 3.8) is 0 Å². The van der Waals surface area contributed by atoms with Crippen molar-refractivity contribution < 1.29 is 9.53 Å². The molecule has 0 bridgehead atoms. The molecule has 3 unspecified atom stereocenters. The van der Waals surface area contributed by atoms with Gasteiger partial charge in [0.15, 0.2) is 0 Å². The molecule has 4 heteroatoms. The SMILES string of the molecule is CCCC1NC(c2ccccc2)C(=O)N1C(C)CCOC. The van der Waals surface area contributed by atoms with E-state index in [1.54, 1.807) is 7.11 Å². The normalized spacial score (nSPS) is 23.6. The van der Waals surface area contributed by atoms with E-state index < -0.39 is 0 Å². The van der Waals surface area contributed by atoms with Gasteiger partial charge in [0, 0.05) is 19.8 Å². The Morgan fingerprint density at radius 3 is 2.67 bits per heavy atom. The van der Waals surface area contributed by atoms with Crippen molar-refractivity contribution in [1.29, 1.82) is 0 Å². The van der Waals surface area contributed by atoms with Crippen LogP contribution in [0.25, 0.3) is 0 Å². The van der Waals surface area contributed by atoms with Gasteiger partial charge >= 0.3 is 0 Å². The maximum Gasteiger partial charge on any atom is 0.245 e. The van der Waals surface area contributed by atoms with Crippen LogP contribution in [0.4, 0.5) is 0 Å². The van der Waals surface area contributed by atoms with E-state index in [0.717, 1.165) is 24.8 Å². The number of hydrogen-bond donors (Lipinski definition) is 1. The summed E-state index contributed by atoms with van der Waals surface area (Å²) in [7, 11) is 1.70. The van der Waals surface area contributed by atoms with E-state index in [9.17, 15) is 4.79 Å². The average Bonchev–Trinajstić information content (AvgIpc) is 2.83. The van der Waals surface area contributed by atoms with Gasteiger partial charge in [-0.25, -0.2) is 0 Å². The smallest absolute Gasteiger partial charge is 0.245 e. The number of hydrogen-bond acceptors (Lipinski definition) is 3. The molecule has 1 aliphatic rings. The van der Waals surface area contributed by atoms with Gasteiger partial charge in [-0.2, -0.15) is 0 Å². The Labute approximate surface area is 127 Å². The summed E-state index contributed by atoms with van der Waals surface area (Å²) in [6.07, 6.45) is 3.03. The summed E-state index contributed by atoms with van der Waals surface area (Å²) in [4.78, 5) is 14.8. The van der Waals surface area contributed by atoms with Crippen LogP contribution in [0.5, 0.6) is 0 Å². The highest BCUT2D eigenvalue weighted by Gasteiger charge is 2.41. The molecule has 1 saturated heterocycles. The van der Waals surface area contributed by atoms with Crippen molar-refractivity contribution in [3.8, 4) is 0 Å². The van der Waals surface area contributed by atoms with E-state index in [4.69, 9.17) is 4.74 Å². The zero-order valence-electron chi connectivity index (χ0n) is 13.2. The van der Waals surface area contributed by atoms with Crippen molar-refractivity contribution >= 4 is 5.91 Å². The molecule has 1 heterocycles. The van der Waals surface area contributed by atoms with Crippen LogP contribution in [0.1, 0.15) is 44.7 Å². The van der Waals surface area contributed by atoms with Crippen LogP contribution in [0.2, 0.25) is 0 Å². The lowest BCUT2D eigenvalue weighted by atomic mass is 10.1. The summed E-state index contributed by atoms with van der Waals surface area (Å²) in [5.41, 5.74) is 1.05. The molecule has 3 atom stereocenters. The molecule has 1 fully saturated rings. The molecule has 1 aromatic carbocycles. The lowest BCUT2D eigenvalue weighted by Gasteiger charge is -2.30. The quantitative estimate of drug-likeness (QED) is 0.839. The summed E-state index contributed by atoms with van der Waals surface area (Å²) in [5.74, 6) is 0.184. The lowest BCUT2D eigenvalue weighted by molar-refractivity contribution is -0.132. The van der Waals surface area contributed by atoms with E-state index in [-0.39, 0.29) is 24.2 Å². The van der Waals surface area contributed by atoms with E-state index in [1.807, 2.05) is 35.2 Å². The fraction of sp³-hybridized carbons (Fsp3) is 0.588. The largest absolute Gasteiger partial charge is 0.385 e. The highest BCUT2D eigenvalue weighted by molar-refractivity contribution is 5.86. The van der Waals surface area contributed by atoms with Gasteiger partial charge in [0.05, 0.1) is 6.17 Å². The summed E-state index contributed by atoms with van der Waals surface area (Å²) in [6.45, 7) is 4.94. The molecule has 116 valence electrons. The molecule has 21 heavy (non-hydrogen) atoms. The number of methoxy groups -OCH3 is 1. The molecule has 1 N–H and O–H groups in total. The zero-order chi connectivity index (χ0) is 15.2. The van der Waals surface area contributed by atoms with E-state index in [1.165, 1.54) is 0 Å². The number of amides is 1. The van der Waals surface area contributed by atoms with Gasteiger partial charge < -0.3 is 9.64 Å². The first-order chi connectivity index (χ1) is 10.2. The Bertz CT molecular complexity index is 449. The van der Waals surface area contributed by atoms with Gasteiger partial charge in [0.1, 0.15) is 6.04 Å². The Balaban J connectivity index is 2.16. The Hall–Kier alpha value is -1.39. The monoisotopic (exact) mass is 290 g/mol. The summed E-state index contributed by atoms with van der Waals surface area (Å²) >= 11 is 0. The summed E-state index contributed by atoms with van der Waals surface area (Å²) in [5, 5.41) is 3.50. The first-order valence-electron chi connectivity index (χ1n) is 7.81. The fourth-order valence-corrected chi connectivity index (χ4v) is 2.98. The van der Waals surface area contributed by atoms with Crippen molar-refractivity contribution in [3.05, 3.63) is 35.9 Å². The van der Waals surface area contributed by atoms with E-state index in [0.29, 0.717) is 6.61 Å². The van der Waals surface area contributed by atoms with Crippen LogP contribution in [0, 0.1) is 0 Å². The molecule has 1 amide bonds. The molecule has 4 nitrogen and oxygen atoms in total. The zero-order valence-corrected chi connectivity index (χ0v) is 13.2. The van der Waals surface area contributed by atoms with Crippen LogP contribution in [-0.2, 0) is 9.53 Å². The second-order valence-corrected chi connectivity index (χ2v) is 5.69. The molecule has 0 aromatic heterocycles. The number of carbonyl (C=O) groups excluding carboxylic acids is 1. The maximum atomic E-state index is 12.8. The van der Waals surface area contributed by atoms with E-state index in [2.05, 4.69) is 19.2 Å². The van der Waals surface area contributed by atoms with Gasteiger partial charge in [-0.15, -0.1) is 0 Å². The first kappa shape index (κ1) is 16.0. The number of rotatable bonds is 7. The first-order valence-corrected chi connectivity index (χ1v) is 7.81. The molecule has 1 aliphatic heterocycles. The molecule has 0 saturated carbocycles. The Morgan fingerprint density at radius 1 is 1.33 bits per heavy atom. The van der Waals surface area contributed by atoms with Crippen LogP contribution in [0.15, 0.2) is 30.3 Å². The van der Waals surface area contributed by atoms with Gasteiger partial charge in [0.25, 0.3) is 0 Å². The Kier molecular flexibility index (Phi) is 5.76. The number of carbonyl (C=O) groups is 1. The van der Waals surface area contributed by atoms with Gasteiger partial charge in [-0.05, 0) is 25.3 Å². The van der Waals surface area contributed by atoms with Crippen LogP contribution < -0.4 is 5.32 Å². The highest BCUT2D eigenvalue weighted by atomic mass is 16.5. The van der Waals surface area contributed by atoms with Crippen molar-refractivity contribution in [2.24, 2.45) is 0 Å².